The molecule has 0 bridgehead atoms. The Morgan fingerprint density at radius 1 is 1.25 bits per heavy atom. The van der Waals surface area contributed by atoms with E-state index in [0.29, 0.717) is 17.0 Å². The molecule has 1 rings (SSSR count). The summed E-state index contributed by atoms with van der Waals surface area (Å²) in [5.74, 6) is -1.45. The molecule has 0 aliphatic carbocycles. The molecule has 6 nitrogen and oxygen atoms in total. The molecule has 0 saturated heterocycles. The Morgan fingerprint density at radius 2 is 1.92 bits per heavy atom. The van der Waals surface area contributed by atoms with Crippen LogP contribution in [0.5, 0.6) is 0 Å². The fourth-order valence-corrected chi connectivity index (χ4v) is 3.52. The number of primary amides is 1. The number of esters is 1. The lowest BCUT2D eigenvalue weighted by atomic mass is 9.98. The highest BCUT2D eigenvalue weighted by molar-refractivity contribution is 7.18. The number of amides is 2. The monoisotopic (exact) mass is 354 g/mol. The van der Waals surface area contributed by atoms with Gasteiger partial charge in [0.05, 0.1) is 17.0 Å². The maximum Gasteiger partial charge on any atom is 0.341 e. The summed E-state index contributed by atoms with van der Waals surface area (Å²) in [7, 11) is 0. The average Bonchev–Trinajstić information content (AvgIpc) is 2.85. The molecule has 1 aromatic rings. The lowest BCUT2D eigenvalue weighted by Crippen LogP contribution is -2.23. The number of thiophene rings is 1. The fraction of sp³-hybridized carbons (Fsp3) is 0.588. The van der Waals surface area contributed by atoms with Crippen LogP contribution in [-0.2, 0) is 9.53 Å². The van der Waals surface area contributed by atoms with Gasteiger partial charge in [0.1, 0.15) is 5.00 Å². The predicted octanol–water partition coefficient (Wildman–Crippen LogP) is 3.49. The van der Waals surface area contributed by atoms with E-state index in [1.165, 1.54) is 0 Å². The predicted molar refractivity (Wildman–Crippen MR) is 95.5 cm³/mol. The molecule has 2 amide bonds. The number of carbonyl (C=O) groups is 3. The van der Waals surface area contributed by atoms with Gasteiger partial charge in [0.2, 0.25) is 5.91 Å². The third kappa shape index (κ3) is 4.80. The summed E-state index contributed by atoms with van der Waals surface area (Å²) >= 11 is 1.02. The third-order valence-corrected chi connectivity index (χ3v) is 5.08. The second kappa shape index (κ2) is 9.42. The summed E-state index contributed by atoms with van der Waals surface area (Å²) in [5.41, 5.74) is 6.02. The third-order valence-electron chi connectivity index (χ3n) is 3.86. The van der Waals surface area contributed by atoms with Gasteiger partial charge in [-0.3, -0.25) is 9.59 Å². The Kier molecular flexibility index (Phi) is 7.91. The molecule has 0 aliphatic rings. The average molecular weight is 354 g/mol. The van der Waals surface area contributed by atoms with Gasteiger partial charge >= 0.3 is 5.97 Å². The molecular weight excluding hydrogens is 328 g/mol. The summed E-state index contributed by atoms with van der Waals surface area (Å²) in [6.45, 7) is 7.57. The van der Waals surface area contributed by atoms with Crippen LogP contribution in [0, 0.1) is 12.8 Å². The van der Waals surface area contributed by atoms with Gasteiger partial charge in [0.25, 0.3) is 5.91 Å². The van der Waals surface area contributed by atoms with Crippen LogP contribution < -0.4 is 11.1 Å². The molecule has 0 aromatic carbocycles. The van der Waals surface area contributed by atoms with Crippen molar-refractivity contribution in [3.05, 3.63) is 16.0 Å². The van der Waals surface area contributed by atoms with E-state index in [1.54, 1.807) is 13.8 Å². The van der Waals surface area contributed by atoms with Gasteiger partial charge in [-0.05, 0) is 32.3 Å². The molecule has 1 heterocycles. The number of nitrogens with two attached hydrogens (primary N) is 1. The van der Waals surface area contributed by atoms with Crippen LogP contribution >= 0.6 is 11.3 Å². The quantitative estimate of drug-likeness (QED) is 0.663. The molecule has 24 heavy (non-hydrogen) atoms. The largest absolute Gasteiger partial charge is 0.462 e. The second-order valence-corrected chi connectivity index (χ2v) is 6.60. The van der Waals surface area contributed by atoms with Crippen LogP contribution in [0.25, 0.3) is 0 Å². The van der Waals surface area contributed by atoms with E-state index < -0.39 is 11.9 Å². The summed E-state index contributed by atoms with van der Waals surface area (Å²) < 4.78 is 5.04. The highest BCUT2D eigenvalue weighted by Crippen LogP contribution is 2.34. The Bertz CT molecular complexity index is 610. The maximum absolute atomic E-state index is 12.5. The standard InChI is InChI=1S/C17H26N2O4S/c1-5-8-9-11(6-2)15(21)19-16-12(17(22)23-7-3)10(4)13(24-16)14(18)20/h11H,5-9H2,1-4H3,(H2,18,20)(H,19,21). The molecule has 1 aromatic heterocycles. The summed E-state index contributed by atoms with van der Waals surface area (Å²) in [5, 5.41) is 3.13. The molecule has 1 unspecified atom stereocenters. The van der Waals surface area contributed by atoms with Crippen LogP contribution in [0.15, 0.2) is 0 Å². The number of nitrogens with one attached hydrogen (secondary N) is 1. The zero-order valence-corrected chi connectivity index (χ0v) is 15.5. The Morgan fingerprint density at radius 3 is 2.42 bits per heavy atom. The van der Waals surface area contributed by atoms with E-state index >= 15 is 0 Å². The molecule has 3 N–H and O–H groups in total. The van der Waals surface area contributed by atoms with Gasteiger partial charge in [0.15, 0.2) is 0 Å². The van der Waals surface area contributed by atoms with E-state index in [1.807, 2.05) is 6.92 Å². The highest BCUT2D eigenvalue weighted by Gasteiger charge is 2.27. The van der Waals surface area contributed by atoms with Gasteiger partial charge in [-0.1, -0.05) is 26.7 Å². The Labute approximate surface area is 146 Å². The van der Waals surface area contributed by atoms with Gasteiger partial charge in [0, 0.05) is 5.92 Å². The van der Waals surface area contributed by atoms with Crippen molar-refractivity contribution in [3.63, 3.8) is 0 Å². The van der Waals surface area contributed by atoms with Crippen LogP contribution in [-0.4, -0.2) is 24.4 Å². The van der Waals surface area contributed by atoms with Crippen molar-refractivity contribution in [2.45, 2.75) is 53.4 Å². The SMILES string of the molecule is CCCCC(CC)C(=O)Nc1sc(C(N)=O)c(C)c1C(=O)OCC. The van der Waals surface area contributed by atoms with Crippen molar-refractivity contribution in [1.29, 1.82) is 0 Å². The number of ether oxygens (including phenoxy) is 1. The molecule has 0 aliphatic heterocycles. The van der Waals surface area contributed by atoms with Crippen LogP contribution in [0.1, 0.15) is 72.0 Å². The molecule has 0 saturated carbocycles. The fourth-order valence-electron chi connectivity index (χ4n) is 2.47. The minimum atomic E-state index is -0.624. The summed E-state index contributed by atoms with van der Waals surface area (Å²) in [4.78, 5) is 36.5. The van der Waals surface area contributed by atoms with Crippen molar-refractivity contribution in [2.24, 2.45) is 11.7 Å². The van der Waals surface area contributed by atoms with Gasteiger partial charge < -0.3 is 15.8 Å². The van der Waals surface area contributed by atoms with Crippen LogP contribution in [0.3, 0.4) is 0 Å². The van der Waals surface area contributed by atoms with Crippen molar-refractivity contribution in [3.8, 4) is 0 Å². The minimum Gasteiger partial charge on any atom is -0.462 e. The Balaban J connectivity index is 3.12. The lowest BCUT2D eigenvalue weighted by Gasteiger charge is -2.14. The smallest absolute Gasteiger partial charge is 0.341 e. The molecule has 1 atom stereocenters. The van der Waals surface area contributed by atoms with Crippen LogP contribution in [0.2, 0.25) is 0 Å². The summed E-state index contributed by atoms with van der Waals surface area (Å²) in [6.07, 6.45) is 3.49. The first kappa shape index (κ1) is 20.2. The van der Waals surface area contributed by atoms with Crippen molar-refractivity contribution >= 4 is 34.1 Å². The molecule has 134 valence electrons. The van der Waals surface area contributed by atoms with Crippen molar-refractivity contribution < 1.29 is 19.1 Å². The molecule has 0 fully saturated rings. The zero-order valence-electron chi connectivity index (χ0n) is 14.7. The number of anilines is 1. The number of carbonyl (C=O) groups excluding carboxylic acids is 3. The van der Waals surface area contributed by atoms with E-state index in [4.69, 9.17) is 10.5 Å². The first-order valence-electron chi connectivity index (χ1n) is 8.28. The van der Waals surface area contributed by atoms with Crippen molar-refractivity contribution in [2.75, 3.05) is 11.9 Å². The molecule has 0 spiro atoms. The van der Waals surface area contributed by atoms with Crippen molar-refractivity contribution in [1.82, 2.24) is 0 Å². The Hall–Kier alpha value is -1.89. The van der Waals surface area contributed by atoms with E-state index in [2.05, 4.69) is 12.2 Å². The first-order valence-corrected chi connectivity index (χ1v) is 9.10. The normalized spacial score (nSPS) is 11.8. The minimum absolute atomic E-state index is 0.126. The van der Waals surface area contributed by atoms with Gasteiger partial charge in [-0.15, -0.1) is 11.3 Å². The van der Waals surface area contributed by atoms with Gasteiger partial charge in [-0.2, -0.15) is 0 Å². The topological polar surface area (TPSA) is 98.5 Å². The van der Waals surface area contributed by atoms with E-state index in [0.717, 1.165) is 30.6 Å². The van der Waals surface area contributed by atoms with E-state index in [9.17, 15) is 14.4 Å². The summed E-state index contributed by atoms with van der Waals surface area (Å²) in [6, 6.07) is 0. The number of unbranched alkanes of at least 4 members (excludes halogenated alkanes) is 1. The maximum atomic E-state index is 12.5. The van der Waals surface area contributed by atoms with Gasteiger partial charge in [-0.25, -0.2) is 4.79 Å². The molecule has 0 radical (unpaired) electrons. The van der Waals surface area contributed by atoms with E-state index in [-0.39, 0.29) is 28.9 Å². The molecule has 7 heteroatoms. The first-order chi connectivity index (χ1) is 11.4. The number of hydrogen-bond donors (Lipinski definition) is 2. The van der Waals surface area contributed by atoms with Crippen LogP contribution in [0.4, 0.5) is 5.00 Å². The lowest BCUT2D eigenvalue weighted by molar-refractivity contribution is -0.120. The highest BCUT2D eigenvalue weighted by atomic mass is 32.1. The second-order valence-electron chi connectivity index (χ2n) is 5.58. The molecular formula is C17H26N2O4S. The number of rotatable bonds is 9. The number of hydrogen-bond acceptors (Lipinski definition) is 5. The zero-order chi connectivity index (χ0) is 18.3.